The highest BCUT2D eigenvalue weighted by atomic mass is 35.5. The van der Waals surface area contributed by atoms with Crippen LogP contribution in [0.5, 0.6) is 0 Å². The van der Waals surface area contributed by atoms with Crippen molar-refractivity contribution in [1.82, 2.24) is 5.32 Å². The van der Waals surface area contributed by atoms with E-state index in [0.29, 0.717) is 5.56 Å². The van der Waals surface area contributed by atoms with E-state index in [1.54, 1.807) is 37.3 Å². The van der Waals surface area contributed by atoms with Gasteiger partial charge in [0.2, 0.25) is 5.91 Å². The SMILES string of the molecule is CC(NC(=O)CN(c1ccc(F)c(Cl)c1)S(=O)(=O)c1ccccc1)c1ccc(S(C)(=O)=O)cc1. The Bertz CT molecular complexity index is 1400. The molecule has 11 heteroatoms. The third kappa shape index (κ3) is 5.94. The molecule has 1 N–H and O–H groups in total. The first-order valence-corrected chi connectivity index (χ1v) is 13.7. The number of carbonyl (C=O) groups excluding carboxylic acids is 1. The van der Waals surface area contributed by atoms with Crippen LogP contribution in [0.4, 0.5) is 10.1 Å². The van der Waals surface area contributed by atoms with Crippen molar-refractivity contribution in [2.45, 2.75) is 22.8 Å². The Labute approximate surface area is 203 Å². The molecule has 1 unspecified atom stereocenters. The molecule has 1 atom stereocenters. The van der Waals surface area contributed by atoms with Crippen LogP contribution in [0.1, 0.15) is 18.5 Å². The van der Waals surface area contributed by atoms with Crippen LogP contribution in [0.25, 0.3) is 0 Å². The van der Waals surface area contributed by atoms with E-state index in [9.17, 15) is 26.0 Å². The molecule has 0 saturated heterocycles. The lowest BCUT2D eigenvalue weighted by Crippen LogP contribution is -2.41. The zero-order chi connectivity index (χ0) is 25.1. The fourth-order valence-electron chi connectivity index (χ4n) is 3.18. The second-order valence-electron chi connectivity index (χ2n) is 7.55. The Kier molecular flexibility index (Phi) is 7.64. The summed E-state index contributed by atoms with van der Waals surface area (Å²) < 4.78 is 64.4. The molecule has 3 rings (SSSR count). The van der Waals surface area contributed by atoms with Gasteiger partial charge in [0.25, 0.3) is 10.0 Å². The van der Waals surface area contributed by atoms with Crippen LogP contribution in [0, 0.1) is 5.82 Å². The van der Waals surface area contributed by atoms with Crippen LogP contribution in [0.3, 0.4) is 0 Å². The predicted octanol–water partition coefficient (Wildman–Crippen LogP) is 3.96. The first-order chi connectivity index (χ1) is 15.9. The largest absolute Gasteiger partial charge is 0.348 e. The van der Waals surface area contributed by atoms with Gasteiger partial charge in [-0.25, -0.2) is 21.2 Å². The Morgan fingerprint density at radius 1 is 0.971 bits per heavy atom. The van der Waals surface area contributed by atoms with Crippen molar-refractivity contribution in [3.8, 4) is 0 Å². The van der Waals surface area contributed by atoms with E-state index in [-0.39, 0.29) is 20.5 Å². The molecule has 34 heavy (non-hydrogen) atoms. The zero-order valence-corrected chi connectivity index (χ0v) is 20.7. The van der Waals surface area contributed by atoms with Crippen molar-refractivity contribution in [3.63, 3.8) is 0 Å². The normalized spacial score (nSPS) is 12.7. The average molecular weight is 525 g/mol. The highest BCUT2D eigenvalue weighted by molar-refractivity contribution is 7.93. The van der Waals surface area contributed by atoms with Crippen molar-refractivity contribution in [3.05, 3.63) is 89.2 Å². The lowest BCUT2D eigenvalue weighted by molar-refractivity contribution is -0.120. The smallest absolute Gasteiger partial charge is 0.264 e. The Morgan fingerprint density at radius 3 is 2.15 bits per heavy atom. The maximum Gasteiger partial charge on any atom is 0.264 e. The molecule has 0 aliphatic carbocycles. The van der Waals surface area contributed by atoms with Gasteiger partial charge in [0.1, 0.15) is 12.4 Å². The number of rotatable bonds is 8. The van der Waals surface area contributed by atoms with E-state index in [4.69, 9.17) is 11.6 Å². The van der Waals surface area contributed by atoms with E-state index in [1.807, 2.05) is 0 Å². The minimum Gasteiger partial charge on any atom is -0.348 e. The minimum absolute atomic E-state index is 0.0237. The van der Waals surface area contributed by atoms with Gasteiger partial charge in [0.05, 0.1) is 26.5 Å². The number of hydrogen-bond donors (Lipinski definition) is 1. The fourth-order valence-corrected chi connectivity index (χ4v) is 5.42. The predicted molar refractivity (Wildman–Crippen MR) is 128 cm³/mol. The summed E-state index contributed by atoms with van der Waals surface area (Å²) in [6.07, 6.45) is 1.09. The number of carbonyl (C=O) groups is 1. The van der Waals surface area contributed by atoms with E-state index in [0.717, 1.165) is 22.7 Å². The van der Waals surface area contributed by atoms with E-state index in [2.05, 4.69) is 5.32 Å². The third-order valence-corrected chi connectivity index (χ3v) is 8.20. The summed E-state index contributed by atoms with van der Waals surface area (Å²) in [4.78, 5) is 12.9. The third-order valence-electron chi connectivity index (χ3n) is 5.00. The van der Waals surface area contributed by atoms with Crippen molar-refractivity contribution >= 4 is 43.1 Å². The van der Waals surface area contributed by atoms with Crippen molar-refractivity contribution in [1.29, 1.82) is 0 Å². The molecule has 0 bridgehead atoms. The van der Waals surface area contributed by atoms with Gasteiger partial charge in [-0.3, -0.25) is 9.10 Å². The second kappa shape index (κ2) is 10.1. The number of halogens is 2. The summed E-state index contributed by atoms with van der Waals surface area (Å²) in [5, 5.41) is 2.42. The minimum atomic E-state index is -4.18. The maximum atomic E-state index is 13.7. The number of amides is 1. The van der Waals surface area contributed by atoms with Crippen LogP contribution in [0.2, 0.25) is 5.02 Å². The molecule has 0 aliphatic heterocycles. The molecule has 0 aromatic heterocycles. The summed E-state index contributed by atoms with van der Waals surface area (Å²) in [6, 6.07) is 16.4. The van der Waals surface area contributed by atoms with E-state index < -0.39 is 44.2 Å². The maximum absolute atomic E-state index is 13.7. The van der Waals surface area contributed by atoms with E-state index in [1.165, 1.54) is 30.3 Å². The van der Waals surface area contributed by atoms with Crippen LogP contribution in [0.15, 0.2) is 82.6 Å². The molecular formula is C23H22ClFN2O5S2. The fraction of sp³-hybridized carbons (Fsp3) is 0.174. The molecule has 0 fully saturated rings. The van der Waals surface area contributed by atoms with Gasteiger partial charge in [0, 0.05) is 6.26 Å². The number of sulfonamides is 1. The topological polar surface area (TPSA) is 101 Å². The number of nitrogens with zero attached hydrogens (tertiary/aromatic N) is 1. The molecule has 0 spiro atoms. The number of sulfone groups is 1. The Hall–Kier alpha value is -2.95. The number of nitrogens with one attached hydrogen (secondary N) is 1. The standard InChI is InChI=1S/C23H22ClFN2O5S2/c1-16(17-8-11-19(12-9-17)33(2,29)30)26-23(28)15-27(18-10-13-22(25)21(24)14-18)34(31,32)20-6-4-3-5-7-20/h3-14,16H,15H2,1-2H3,(H,26,28). The van der Waals surface area contributed by atoms with Crippen LogP contribution in [-0.2, 0) is 24.7 Å². The summed E-state index contributed by atoms with van der Waals surface area (Å²) in [6.45, 7) is 1.09. The molecule has 7 nitrogen and oxygen atoms in total. The molecule has 0 aliphatic rings. The molecule has 180 valence electrons. The van der Waals surface area contributed by atoms with Gasteiger partial charge in [0.15, 0.2) is 9.84 Å². The van der Waals surface area contributed by atoms with Crippen molar-refractivity contribution < 1.29 is 26.0 Å². The van der Waals surface area contributed by atoms with E-state index >= 15 is 0 Å². The van der Waals surface area contributed by atoms with Crippen LogP contribution in [-0.4, -0.2) is 35.5 Å². The molecule has 0 saturated carbocycles. The van der Waals surface area contributed by atoms with Gasteiger partial charge in [-0.1, -0.05) is 41.9 Å². The first-order valence-electron chi connectivity index (χ1n) is 10.0. The lowest BCUT2D eigenvalue weighted by Gasteiger charge is -2.25. The Balaban J connectivity index is 1.87. The zero-order valence-electron chi connectivity index (χ0n) is 18.3. The van der Waals surface area contributed by atoms with Crippen molar-refractivity contribution in [2.75, 3.05) is 17.1 Å². The molecule has 0 radical (unpaired) electrons. The van der Waals surface area contributed by atoms with Gasteiger partial charge in [-0.05, 0) is 55.0 Å². The highest BCUT2D eigenvalue weighted by Crippen LogP contribution is 2.28. The lowest BCUT2D eigenvalue weighted by atomic mass is 10.1. The van der Waals surface area contributed by atoms with Crippen LogP contribution < -0.4 is 9.62 Å². The summed E-state index contributed by atoms with van der Waals surface area (Å²) in [5.41, 5.74) is 0.651. The molecule has 1 amide bonds. The monoisotopic (exact) mass is 524 g/mol. The summed E-state index contributed by atoms with van der Waals surface area (Å²) >= 11 is 5.86. The van der Waals surface area contributed by atoms with Gasteiger partial charge in [-0.15, -0.1) is 0 Å². The highest BCUT2D eigenvalue weighted by Gasteiger charge is 2.28. The molecule has 3 aromatic carbocycles. The average Bonchev–Trinajstić information content (AvgIpc) is 2.79. The Morgan fingerprint density at radius 2 is 1.59 bits per heavy atom. The van der Waals surface area contributed by atoms with Gasteiger partial charge < -0.3 is 5.32 Å². The summed E-state index contributed by atoms with van der Waals surface area (Å²) in [7, 11) is -7.54. The summed E-state index contributed by atoms with van der Waals surface area (Å²) in [5.74, 6) is -1.35. The number of anilines is 1. The first kappa shape index (κ1) is 25.7. The molecule has 3 aromatic rings. The van der Waals surface area contributed by atoms with Gasteiger partial charge in [-0.2, -0.15) is 0 Å². The second-order valence-corrected chi connectivity index (χ2v) is 11.8. The van der Waals surface area contributed by atoms with Crippen molar-refractivity contribution in [2.24, 2.45) is 0 Å². The molecule has 0 heterocycles. The van der Waals surface area contributed by atoms with Gasteiger partial charge >= 0.3 is 0 Å². The number of benzene rings is 3. The quantitative estimate of drug-likeness (QED) is 0.481. The molecular weight excluding hydrogens is 503 g/mol. The number of hydrogen-bond acceptors (Lipinski definition) is 5. The van der Waals surface area contributed by atoms with Crippen LogP contribution >= 0.6 is 11.6 Å².